The summed E-state index contributed by atoms with van der Waals surface area (Å²) in [5.74, 6) is 1.01. The third-order valence-electron chi connectivity index (χ3n) is 3.04. The Morgan fingerprint density at radius 2 is 1.83 bits per heavy atom. The van der Waals surface area contributed by atoms with Crippen LogP contribution in [0.5, 0.6) is 0 Å². The van der Waals surface area contributed by atoms with Gasteiger partial charge < -0.3 is 4.90 Å². The molecule has 1 aliphatic heterocycles. The molecule has 1 aliphatic rings. The highest BCUT2D eigenvalue weighted by Gasteiger charge is 2.19. The molecule has 0 spiro atoms. The van der Waals surface area contributed by atoms with Crippen molar-refractivity contribution in [2.45, 2.75) is 6.54 Å². The molecule has 0 bridgehead atoms. The second-order valence-corrected chi connectivity index (χ2v) is 4.33. The molecule has 90 valence electrons. The van der Waals surface area contributed by atoms with Crippen molar-refractivity contribution < 1.29 is 0 Å². The Bertz CT molecular complexity index is 534. The highest BCUT2D eigenvalue weighted by atomic mass is 15.2. The Morgan fingerprint density at radius 1 is 1.00 bits per heavy atom. The minimum Gasteiger partial charge on any atom is -0.349 e. The second-order valence-electron chi connectivity index (χ2n) is 4.33. The third-order valence-corrected chi connectivity index (χ3v) is 3.04. The molecule has 1 aromatic carbocycles. The SMILES string of the molecule is c1ccc(CN2CCN=C2c2ccccn2)cc1. The summed E-state index contributed by atoms with van der Waals surface area (Å²) in [6.45, 7) is 2.73. The Morgan fingerprint density at radius 3 is 2.61 bits per heavy atom. The predicted molar refractivity (Wildman–Crippen MR) is 72.5 cm³/mol. The molecule has 0 amide bonds. The first kappa shape index (κ1) is 11.0. The molecule has 0 saturated heterocycles. The Kier molecular flexibility index (Phi) is 3.05. The van der Waals surface area contributed by atoms with E-state index in [1.807, 2.05) is 30.5 Å². The van der Waals surface area contributed by atoms with E-state index in [9.17, 15) is 0 Å². The fourth-order valence-corrected chi connectivity index (χ4v) is 2.18. The molecule has 3 nitrogen and oxygen atoms in total. The maximum atomic E-state index is 4.56. The summed E-state index contributed by atoms with van der Waals surface area (Å²) in [6, 6.07) is 16.4. The van der Waals surface area contributed by atoms with Crippen LogP contribution in [0.4, 0.5) is 0 Å². The maximum Gasteiger partial charge on any atom is 0.150 e. The number of rotatable bonds is 3. The highest BCUT2D eigenvalue weighted by molar-refractivity contribution is 5.97. The molecule has 0 N–H and O–H groups in total. The zero-order valence-electron chi connectivity index (χ0n) is 10.2. The first-order valence-corrected chi connectivity index (χ1v) is 6.18. The number of hydrogen-bond donors (Lipinski definition) is 0. The van der Waals surface area contributed by atoms with Gasteiger partial charge in [0.15, 0.2) is 0 Å². The Hall–Kier alpha value is -2.16. The lowest BCUT2D eigenvalue weighted by Gasteiger charge is -2.19. The molecule has 3 rings (SSSR count). The molecule has 0 radical (unpaired) electrons. The van der Waals surface area contributed by atoms with Gasteiger partial charge in [0.1, 0.15) is 11.5 Å². The van der Waals surface area contributed by atoms with E-state index in [0.717, 1.165) is 31.2 Å². The molecule has 3 heteroatoms. The first-order chi connectivity index (χ1) is 8.93. The van der Waals surface area contributed by atoms with Crippen molar-refractivity contribution in [2.24, 2.45) is 4.99 Å². The van der Waals surface area contributed by atoms with Gasteiger partial charge in [-0.25, -0.2) is 0 Å². The number of hydrogen-bond acceptors (Lipinski definition) is 3. The largest absolute Gasteiger partial charge is 0.349 e. The number of amidine groups is 1. The Labute approximate surface area is 107 Å². The standard InChI is InChI=1S/C15H15N3/c1-2-6-13(7-3-1)12-18-11-10-17-15(18)14-8-4-5-9-16-14/h1-9H,10-12H2. The molecule has 2 aromatic rings. The van der Waals surface area contributed by atoms with Crippen LogP contribution in [-0.4, -0.2) is 28.8 Å². The van der Waals surface area contributed by atoms with Crippen LogP contribution in [0.1, 0.15) is 11.3 Å². The van der Waals surface area contributed by atoms with E-state index in [1.54, 1.807) is 0 Å². The van der Waals surface area contributed by atoms with Gasteiger partial charge in [0.25, 0.3) is 0 Å². The van der Waals surface area contributed by atoms with Crippen molar-refractivity contribution in [3.63, 3.8) is 0 Å². The van der Waals surface area contributed by atoms with Crippen LogP contribution in [0.15, 0.2) is 59.7 Å². The summed E-state index contributed by atoms with van der Waals surface area (Å²) in [4.78, 5) is 11.2. The van der Waals surface area contributed by atoms with Gasteiger partial charge in [-0.05, 0) is 17.7 Å². The number of aliphatic imine (C=N–C) groups is 1. The molecular weight excluding hydrogens is 222 g/mol. The molecule has 18 heavy (non-hydrogen) atoms. The fourth-order valence-electron chi connectivity index (χ4n) is 2.18. The van der Waals surface area contributed by atoms with Crippen LogP contribution in [0.25, 0.3) is 0 Å². The lowest BCUT2D eigenvalue weighted by molar-refractivity contribution is 0.452. The van der Waals surface area contributed by atoms with E-state index in [-0.39, 0.29) is 0 Å². The summed E-state index contributed by atoms with van der Waals surface area (Å²) in [5.41, 5.74) is 2.27. The van der Waals surface area contributed by atoms with Crippen LogP contribution in [0.2, 0.25) is 0 Å². The van der Waals surface area contributed by atoms with Gasteiger partial charge in [0.2, 0.25) is 0 Å². The quantitative estimate of drug-likeness (QED) is 0.819. The summed E-state index contributed by atoms with van der Waals surface area (Å²) < 4.78 is 0. The average Bonchev–Trinajstić information content (AvgIpc) is 2.89. The van der Waals surface area contributed by atoms with Crippen LogP contribution in [0, 0.1) is 0 Å². The second kappa shape index (κ2) is 5.00. The summed E-state index contributed by atoms with van der Waals surface area (Å²) in [6.07, 6.45) is 1.82. The van der Waals surface area contributed by atoms with Gasteiger partial charge in [-0.1, -0.05) is 36.4 Å². The predicted octanol–water partition coefficient (Wildman–Crippen LogP) is 2.34. The van der Waals surface area contributed by atoms with Crippen LogP contribution < -0.4 is 0 Å². The van der Waals surface area contributed by atoms with Gasteiger partial charge in [-0.3, -0.25) is 9.98 Å². The number of benzene rings is 1. The topological polar surface area (TPSA) is 28.5 Å². The van der Waals surface area contributed by atoms with E-state index >= 15 is 0 Å². The van der Waals surface area contributed by atoms with Crippen molar-refractivity contribution in [1.29, 1.82) is 0 Å². The molecule has 2 heterocycles. The van der Waals surface area contributed by atoms with Crippen molar-refractivity contribution in [3.05, 3.63) is 66.0 Å². The molecule has 0 fully saturated rings. The van der Waals surface area contributed by atoms with Crippen LogP contribution in [-0.2, 0) is 6.54 Å². The van der Waals surface area contributed by atoms with Gasteiger partial charge in [-0.15, -0.1) is 0 Å². The fraction of sp³-hybridized carbons (Fsp3) is 0.200. The minimum atomic E-state index is 0.860. The monoisotopic (exact) mass is 237 g/mol. The maximum absolute atomic E-state index is 4.56. The zero-order valence-corrected chi connectivity index (χ0v) is 10.2. The van der Waals surface area contributed by atoms with Gasteiger partial charge in [0, 0.05) is 19.3 Å². The normalized spacial score (nSPS) is 14.7. The zero-order chi connectivity index (χ0) is 12.2. The molecule has 0 saturated carbocycles. The third kappa shape index (κ3) is 2.25. The van der Waals surface area contributed by atoms with Crippen molar-refractivity contribution in [3.8, 4) is 0 Å². The van der Waals surface area contributed by atoms with E-state index in [1.165, 1.54) is 5.56 Å². The number of nitrogens with zero attached hydrogens (tertiary/aromatic N) is 3. The molecule has 1 aromatic heterocycles. The van der Waals surface area contributed by atoms with E-state index < -0.39 is 0 Å². The average molecular weight is 237 g/mol. The Balaban J connectivity index is 1.80. The molecular formula is C15H15N3. The molecule has 0 unspecified atom stereocenters. The lowest BCUT2D eigenvalue weighted by atomic mass is 10.2. The highest BCUT2D eigenvalue weighted by Crippen LogP contribution is 2.13. The van der Waals surface area contributed by atoms with Crippen molar-refractivity contribution >= 4 is 5.84 Å². The number of aromatic nitrogens is 1. The van der Waals surface area contributed by atoms with E-state index in [4.69, 9.17) is 0 Å². The van der Waals surface area contributed by atoms with Gasteiger partial charge in [-0.2, -0.15) is 0 Å². The van der Waals surface area contributed by atoms with Crippen molar-refractivity contribution in [2.75, 3.05) is 13.1 Å². The first-order valence-electron chi connectivity index (χ1n) is 6.18. The number of pyridine rings is 1. The smallest absolute Gasteiger partial charge is 0.150 e. The summed E-state index contributed by atoms with van der Waals surface area (Å²) in [7, 11) is 0. The minimum absolute atomic E-state index is 0.860. The lowest BCUT2D eigenvalue weighted by Crippen LogP contribution is -2.28. The molecule has 0 atom stereocenters. The van der Waals surface area contributed by atoms with E-state index in [2.05, 4.69) is 39.1 Å². The van der Waals surface area contributed by atoms with Crippen molar-refractivity contribution in [1.82, 2.24) is 9.88 Å². The molecule has 0 aliphatic carbocycles. The van der Waals surface area contributed by atoms with Gasteiger partial charge >= 0.3 is 0 Å². The van der Waals surface area contributed by atoms with Crippen LogP contribution in [0.3, 0.4) is 0 Å². The van der Waals surface area contributed by atoms with E-state index in [0.29, 0.717) is 0 Å². The van der Waals surface area contributed by atoms with Crippen LogP contribution >= 0.6 is 0 Å². The van der Waals surface area contributed by atoms with Gasteiger partial charge in [0.05, 0.1) is 6.54 Å². The summed E-state index contributed by atoms with van der Waals surface area (Å²) in [5, 5.41) is 0. The summed E-state index contributed by atoms with van der Waals surface area (Å²) >= 11 is 0.